The molecule has 0 aliphatic carbocycles. The van der Waals surface area contributed by atoms with E-state index in [1.165, 1.54) is 0 Å². The Balaban J connectivity index is 2.69. The number of aryl methyl sites for hydroxylation is 1. The summed E-state index contributed by atoms with van der Waals surface area (Å²) in [7, 11) is 3.99. The Morgan fingerprint density at radius 3 is 2.65 bits per heavy atom. The van der Waals surface area contributed by atoms with Crippen molar-refractivity contribution in [3.05, 3.63) is 23.8 Å². The van der Waals surface area contributed by atoms with Crippen molar-refractivity contribution >= 4 is 17.3 Å². The molecule has 0 saturated heterocycles. The quantitative estimate of drug-likeness (QED) is 0.817. The molecule has 0 saturated carbocycles. The van der Waals surface area contributed by atoms with Gasteiger partial charge in [0.05, 0.1) is 0 Å². The molecule has 1 rings (SSSR count). The van der Waals surface area contributed by atoms with Gasteiger partial charge in [0, 0.05) is 31.9 Å². The van der Waals surface area contributed by atoms with Crippen molar-refractivity contribution in [1.82, 2.24) is 0 Å². The summed E-state index contributed by atoms with van der Waals surface area (Å²) in [6, 6.07) is 5.98. The van der Waals surface area contributed by atoms with Gasteiger partial charge in [-0.1, -0.05) is 0 Å². The highest BCUT2D eigenvalue weighted by atomic mass is 16.1. The summed E-state index contributed by atoms with van der Waals surface area (Å²) in [5.74, 6) is 0.0242. The predicted molar refractivity (Wildman–Crippen MR) is 72.4 cm³/mol. The van der Waals surface area contributed by atoms with Gasteiger partial charge in [-0.3, -0.25) is 4.79 Å². The van der Waals surface area contributed by atoms with Gasteiger partial charge in [-0.2, -0.15) is 0 Å². The highest BCUT2D eigenvalue weighted by Gasteiger charge is 2.05. The van der Waals surface area contributed by atoms with E-state index in [-0.39, 0.29) is 5.91 Å². The molecule has 1 aromatic rings. The molecule has 94 valence electrons. The van der Waals surface area contributed by atoms with E-state index in [0.29, 0.717) is 13.0 Å². The first-order valence-electron chi connectivity index (χ1n) is 5.82. The average Bonchev–Trinajstić information content (AvgIpc) is 2.28. The molecule has 17 heavy (non-hydrogen) atoms. The van der Waals surface area contributed by atoms with E-state index in [0.717, 1.165) is 23.4 Å². The average molecular weight is 235 g/mol. The van der Waals surface area contributed by atoms with Crippen LogP contribution in [0, 0.1) is 6.92 Å². The molecular weight excluding hydrogens is 214 g/mol. The first kappa shape index (κ1) is 13.5. The normalized spacial score (nSPS) is 10.1. The molecule has 0 spiro atoms. The van der Waals surface area contributed by atoms with E-state index in [1.54, 1.807) is 0 Å². The third-order valence-electron chi connectivity index (χ3n) is 2.61. The maximum absolute atomic E-state index is 11.6. The van der Waals surface area contributed by atoms with Crippen molar-refractivity contribution in [1.29, 1.82) is 0 Å². The number of nitrogens with one attached hydrogen (secondary N) is 1. The van der Waals surface area contributed by atoms with Gasteiger partial charge < -0.3 is 16.0 Å². The molecule has 0 bridgehead atoms. The van der Waals surface area contributed by atoms with Crippen LogP contribution in [0.15, 0.2) is 18.2 Å². The van der Waals surface area contributed by atoms with E-state index in [9.17, 15) is 4.79 Å². The van der Waals surface area contributed by atoms with E-state index >= 15 is 0 Å². The van der Waals surface area contributed by atoms with Crippen molar-refractivity contribution in [2.24, 2.45) is 5.73 Å². The minimum atomic E-state index is 0.0242. The summed E-state index contributed by atoms with van der Waals surface area (Å²) >= 11 is 0. The zero-order chi connectivity index (χ0) is 12.8. The highest BCUT2D eigenvalue weighted by molar-refractivity contribution is 5.91. The minimum Gasteiger partial charge on any atom is -0.378 e. The van der Waals surface area contributed by atoms with Crippen LogP contribution in [0.4, 0.5) is 11.4 Å². The minimum absolute atomic E-state index is 0.0242. The Bertz CT molecular complexity index is 388. The van der Waals surface area contributed by atoms with Crippen LogP contribution in [0.1, 0.15) is 18.4 Å². The first-order chi connectivity index (χ1) is 8.04. The molecule has 4 nitrogen and oxygen atoms in total. The Hall–Kier alpha value is -1.55. The Morgan fingerprint density at radius 2 is 2.12 bits per heavy atom. The molecule has 0 heterocycles. The smallest absolute Gasteiger partial charge is 0.224 e. The van der Waals surface area contributed by atoms with Gasteiger partial charge in [0.2, 0.25) is 5.91 Å². The van der Waals surface area contributed by atoms with E-state index < -0.39 is 0 Å². The number of hydrogen-bond donors (Lipinski definition) is 2. The molecule has 0 atom stereocenters. The van der Waals surface area contributed by atoms with Crippen LogP contribution in [0.2, 0.25) is 0 Å². The molecule has 4 heteroatoms. The fourth-order valence-corrected chi connectivity index (χ4v) is 1.54. The fourth-order valence-electron chi connectivity index (χ4n) is 1.54. The van der Waals surface area contributed by atoms with Gasteiger partial charge in [-0.05, 0) is 43.7 Å². The van der Waals surface area contributed by atoms with Crippen LogP contribution in [-0.2, 0) is 4.79 Å². The predicted octanol–water partition coefficient (Wildman–Crippen LogP) is 1.74. The largest absolute Gasteiger partial charge is 0.378 e. The molecular formula is C13H21N3O. The number of anilines is 2. The lowest BCUT2D eigenvalue weighted by molar-refractivity contribution is -0.116. The number of carbonyl (C=O) groups excluding carboxylic acids is 1. The fraction of sp³-hybridized carbons (Fsp3) is 0.462. The Kier molecular flexibility index (Phi) is 4.97. The van der Waals surface area contributed by atoms with Crippen LogP contribution in [0.3, 0.4) is 0 Å². The number of amides is 1. The van der Waals surface area contributed by atoms with Crippen LogP contribution < -0.4 is 16.0 Å². The third-order valence-corrected chi connectivity index (χ3v) is 2.61. The van der Waals surface area contributed by atoms with Gasteiger partial charge in [-0.15, -0.1) is 0 Å². The molecule has 0 radical (unpaired) electrons. The molecule has 0 aromatic heterocycles. The summed E-state index contributed by atoms with van der Waals surface area (Å²) in [5.41, 5.74) is 8.43. The van der Waals surface area contributed by atoms with Crippen LogP contribution in [-0.4, -0.2) is 26.5 Å². The van der Waals surface area contributed by atoms with Crippen LogP contribution in [0.5, 0.6) is 0 Å². The SMILES string of the molecule is Cc1cc(N(C)C)ccc1NC(=O)CCCN. The second-order valence-corrected chi connectivity index (χ2v) is 4.33. The van der Waals surface area contributed by atoms with Crippen molar-refractivity contribution < 1.29 is 4.79 Å². The maximum atomic E-state index is 11.6. The molecule has 0 unspecified atom stereocenters. The van der Waals surface area contributed by atoms with Crippen molar-refractivity contribution in [2.75, 3.05) is 30.9 Å². The first-order valence-corrected chi connectivity index (χ1v) is 5.82. The van der Waals surface area contributed by atoms with Crippen molar-refractivity contribution in [3.63, 3.8) is 0 Å². The molecule has 3 N–H and O–H groups in total. The van der Waals surface area contributed by atoms with E-state index in [4.69, 9.17) is 5.73 Å². The molecule has 1 amide bonds. The summed E-state index contributed by atoms with van der Waals surface area (Å²) in [6.07, 6.45) is 1.20. The van der Waals surface area contributed by atoms with Crippen LogP contribution >= 0.6 is 0 Å². The second-order valence-electron chi connectivity index (χ2n) is 4.33. The summed E-state index contributed by atoms with van der Waals surface area (Å²) in [5, 5.41) is 2.90. The Morgan fingerprint density at radius 1 is 1.41 bits per heavy atom. The summed E-state index contributed by atoms with van der Waals surface area (Å²) in [4.78, 5) is 13.6. The zero-order valence-electron chi connectivity index (χ0n) is 10.8. The summed E-state index contributed by atoms with van der Waals surface area (Å²) < 4.78 is 0. The zero-order valence-corrected chi connectivity index (χ0v) is 10.8. The number of nitrogens with zero attached hydrogens (tertiary/aromatic N) is 1. The number of nitrogens with two attached hydrogens (primary N) is 1. The summed E-state index contributed by atoms with van der Waals surface area (Å²) in [6.45, 7) is 2.54. The number of rotatable bonds is 5. The van der Waals surface area contributed by atoms with Gasteiger partial charge >= 0.3 is 0 Å². The van der Waals surface area contributed by atoms with Gasteiger partial charge in [0.25, 0.3) is 0 Å². The lowest BCUT2D eigenvalue weighted by Crippen LogP contribution is -2.14. The molecule has 1 aromatic carbocycles. The van der Waals surface area contributed by atoms with Gasteiger partial charge in [0.1, 0.15) is 0 Å². The Labute approximate surface area is 103 Å². The molecule has 0 aliphatic rings. The van der Waals surface area contributed by atoms with Gasteiger partial charge in [-0.25, -0.2) is 0 Å². The van der Waals surface area contributed by atoms with Crippen molar-refractivity contribution in [2.45, 2.75) is 19.8 Å². The lowest BCUT2D eigenvalue weighted by atomic mass is 10.1. The third kappa shape index (κ3) is 4.07. The molecule has 0 aliphatic heterocycles. The van der Waals surface area contributed by atoms with E-state index in [2.05, 4.69) is 11.4 Å². The topological polar surface area (TPSA) is 58.4 Å². The number of carbonyl (C=O) groups is 1. The number of benzene rings is 1. The molecule has 0 fully saturated rings. The van der Waals surface area contributed by atoms with E-state index in [1.807, 2.05) is 38.1 Å². The standard InChI is InChI=1S/C13H21N3O/c1-10-9-11(16(2)3)6-7-12(10)15-13(17)5-4-8-14/h6-7,9H,4-5,8,14H2,1-3H3,(H,15,17). The van der Waals surface area contributed by atoms with Crippen molar-refractivity contribution in [3.8, 4) is 0 Å². The highest BCUT2D eigenvalue weighted by Crippen LogP contribution is 2.21. The van der Waals surface area contributed by atoms with Crippen LogP contribution in [0.25, 0.3) is 0 Å². The van der Waals surface area contributed by atoms with Gasteiger partial charge in [0.15, 0.2) is 0 Å². The number of hydrogen-bond acceptors (Lipinski definition) is 3. The lowest BCUT2D eigenvalue weighted by Gasteiger charge is -2.15. The second kappa shape index (κ2) is 6.25. The monoisotopic (exact) mass is 235 g/mol. The maximum Gasteiger partial charge on any atom is 0.224 e.